The molecule has 0 bridgehead atoms. The molecule has 0 saturated heterocycles. The van der Waals surface area contributed by atoms with E-state index in [0.29, 0.717) is 16.6 Å². The zero-order chi connectivity index (χ0) is 19.8. The molecule has 2 N–H and O–H groups in total. The van der Waals surface area contributed by atoms with Crippen molar-refractivity contribution in [2.75, 3.05) is 0 Å². The van der Waals surface area contributed by atoms with E-state index in [4.69, 9.17) is 5.73 Å². The fourth-order valence-corrected chi connectivity index (χ4v) is 3.17. The molecule has 0 fully saturated rings. The van der Waals surface area contributed by atoms with Gasteiger partial charge >= 0.3 is 0 Å². The van der Waals surface area contributed by atoms with E-state index in [2.05, 4.69) is 22.8 Å². The lowest BCUT2D eigenvalue weighted by molar-refractivity contribution is -0.112. The molecule has 0 aliphatic rings. The van der Waals surface area contributed by atoms with Gasteiger partial charge in [0, 0.05) is 41.7 Å². The van der Waals surface area contributed by atoms with E-state index in [-0.39, 0.29) is 5.57 Å². The van der Waals surface area contributed by atoms with Gasteiger partial charge < -0.3 is 5.73 Å². The zero-order valence-electron chi connectivity index (χ0n) is 15.1. The molecule has 7 nitrogen and oxygen atoms in total. The number of benzene rings is 1. The minimum atomic E-state index is -0.575. The van der Waals surface area contributed by atoms with Gasteiger partial charge in [0.2, 0.25) is 5.91 Å². The summed E-state index contributed by atoms with van der Waals surface area (Å²) in [5.74, 6) is -0.575. The van der Waals surface area contributed by atoms with E-state index in [9.17, 15) is 10.1 Å². The Bertz CT molecular complexity index is 1290. The fourth-order valence-electron chi connectivity index (χ4n) is 3.17. The van der Waals surface area contributed by atoms with Gasteiger partial charge in [-0.05, 0) is 23.3 Å². The molecule has 1 aromatic carbocycles. The molecule has 0 atom stereocenters. The van der Waals surface area contributed by atoms with Crippen molar-refractivity contribution in [1.29, 1.82) is 5.26 Å². The number of nitriles is 1. The van der Waals surface area contributed by atoms with Crippen LogP contribution in [0.4, 0.5) is 0 Å². The van der Waals surface area contributed by atoms with Gasteiger partial charge in [-0.15, -0.1) is 0 Å². The van der Waals surface area contributed by atoms with Crippen molar-refractivity contribution >= 4 is 17.0 Å². The number of carbonyl (C=O) groups excluding carboxylic acids is 1. The summed E-state index contributed by atoms with van der Waals surface area (Å²) >= 11 is 0. The maximum Gasteiger partial charge on any atom is 0.248 e. The van der Waals surface area contributed by atoms with Crippen molar-refractivity contribution < 1.29 is 4.79 Å². The molecule has 0 aliphatic carbocycles. The van der Waals surface area contributed by atoms with Gasteiger partial charge in [-0.3, -0.25) is 9.48 Å². The molecule has 0 saturated carbocycles. The summed E-state index contributed by atoms with van der Waals surface area (Å²) in [4.78, 5) is 11.5. The smallest absolute Gasteiger partial charge is 0.248 e. The Hall–Kier alpha value is -4.18. The second-order valence-electron chi connectivity index (χ2n) is 6.43. The molecule has 28 heavy (non-hydrogen) atoms. The Morgan fingerprint density at radius 3 is 2.64 bits per heavy atom. The number of amides is 1. The Labute approximate surface area is 160 Å². The van der Waals surface area contributed by atoms with Crippen molar-refractivity contribution in [3.05, 3.63) is 72.8 Å². The molecule has 0 aliphatic heterocycles. The van der Waals surface area contributed by atoms with Crippen LogP contribution in [0.3, 0.4) is 0 Å². The molecule has 4 aromatic rings. The minimum absolute atomic E-state index is 0.232. The van der Waals surface area contributed by atoms with Gasteiger partial charge in [0.1, 0.15) is 6.07 Å². The number of fused-ring (bicyclic) bond motifs is 1. The summed E-state index contributed by atoms with van der Waals surface area (Å²) in [5, 5.41) is 18.1. The first-order valence-corrected chi connectivity index (χ1v) is 8.48. The molecule has 7 heteroatoms. The third-order valence-electron chi connectivity index (χ3n) is 4.59. The molecular weight excluding hydrogens is 352 g/mol. The lowest BCUT2D eigenvalue weighted by atomic mass is 9.96. The van der Waals surface area contributed by atoms with Crippen molar-refractivity contribution in [2.45, 2.75) is 0 Å². The second-order valence-corrected chi connectivity index (χ2v) is 6.43. The first-order chi connectivity index (χ1) is 13.5. The maximum atomic E-state index is 11.5. The number of primary amides is 1. The van der Waals surface area contributed by atoms with Crippen LogP contribution < -0.4 is 5.73 Å². The Morgan fingerprint density at radius 1 is 1.14 bits per heavy atom. The third kappa shape index (κ3) is 2.83. The van der Waals surface area contributed by atoms with Crippen LogP contribution in [0.2, 0.25) is 0 Å². The second kappa shape index (κ2) is 6.52. The van der Waals surface area contributed by atoms with E-state index in [1.165, 1.54) is 6.20 Å². The zero-order valence-corrected chi connectivity index (χ0v) is 15.1. The van der Waals surface area contributed by atoms with Gasteiger partial charge in [0.25, 0.3) is 0 Å². The number of aromatic nitrogens is 4. The van der Waals surface area contributed by atoms with Crippen LogP contribution in [0.1, 0.15) is 11.1 Å². The van der Waals surface area contributed by atoms with Crippen LogP contribution in [-0.2, 0) is 11.8 Å². The summed E-state index contributed by atoms with van der Waals surface area (Å²) in [7, 11) is 1.85. The quantitative estimate of drug-likeness (QED) is 0.560. The normalized spacial score (nSPS) is 10.7. The molecule has 0 unspecified atom stereocenters. The van der Waals surface area contributed by atoms with E-state index < -0.39 is 5.91 Å². The van der Waals surface area contributed by atoms with E-state index >= 15 is 0 Å². The first-order valence-electron chi connectivity index (χ1n) is 8.48. The highest BCUT2D eigenvalue weighted by Crippen LogP contribution is 2.33. The van der Waals surface area contributed by atoms with E-state index in [1.54, 1.807) is 21.5 Å². The summed E-state index contributed by atoms with van der Waals surface area (Å²) in [6.07, 6.45) is 7.08. The SMILES string of the molecule is C=C(C(N)=O)c1cccc(-c2cc(-c3cnn(C)c3)cn3ncc(C#N)c23)c1. The highest BCUT2D eigenvalue weighted by molar-refractivity contribution is 6.18. The van der Waals surface area contributed by atoms with Crippen LogP contribution in [0.5, 0.6) is 0 Å². The highest BCUT2D eigenvalue weighted by Gasteiger charge is 2.15. The molecule has 1 amide bonds. The lowest BCUT2D eigenvalue weighted by Gasteiger charge is -2.10. The summed E-state index contributed by atoms with van der Waals surface area (Å²) in [6, 6.07) is 11.5. The number of carbonyl (C=O) groups is 1. The van der Waals surface area contributed by atoms with Gasteiger partial charge in [-0.25, -0.2) is 4.52 Å². The topological polar surface area (TPSA) is 102 Å². The Kier molecular flexibility index (Phi) is 4.02. The van der Waals surface area contributed by atoms with Crippen molar-refractivity contribution in [1.82, 2.24) is 19.4 Å². The van der Waals surface area contributed by atoms with Crippen molar-refractivity contribution in [3.63, 3.8) is 0 Å². The average molecular weight is 368 g/mol. The van der Waals surface area contributed by atoms with E-state index in [0.717, 1.165) is 22.3 Å². The number of pyridine rings is 1. The monoisotopic (exact) mass is 368 g/mol. The van der Waals surface area contributed by atoms with E-state index in [1.807, 2.05) is 43.7 Å². The summed E-state index contributed by atoms with van der Waals surface area (Å²) in [6.45, 7) is 3.76. The van der Waals surface area contributed by atoms with Crippen molar-refractivity contribution in [3.8, 4) is 28.3 Å². The average Bonchev–Trinajstić information content (AvgIpc) is 3.32. The van der Waals surface area contributed by atoms with Crippen LogP contribution in [0, 0.1) is 11.3 Å². The Balaban J connectivity index is 1.98. The van der Waals surface area contributed by atoms with Gasteiger partial charge in [-0.2, -0.15) is 15.5 Å². The first kappa shape index (κ1) is 17.2. The van der Waals surface area contributed by atoms with Crippen LogP contribution in [0.15, 0.2) is 61.7 Å². The van der Waals surface area contributed by atoms with Gasteiger partial charge in [0.05, 0.1) is 23.5 Å². The van der Waals surface area contributed by atoms with Gasteiger partial charge in [0.15, 0.2) is 0 Å². The molecule has 0 spiro atoms. The number of aryl methyl sites for hydroxylation is 1. The number of nitrogens with two attached hydrogens (primary N) is 1. The number of hydrogen-bond donors (Lipinski definition) is 1. The van der Waals surface area contributed by atoms with Crippen molar-refractivity contribution in [2.24, 2.45) is 12.8 Å². The van der Waals surface area contributed by atoms with Crippen LogP contribution in [-0.4, -0.2) is 25.3 Å². The lowest BCUT2D eigenvalue weighted by Crippen LogP contribution is -2.11. The minimum Gasteiger partial charge on any atom is -0.366 e. The number of nitrogens with zero attached hydrogens (tertiary/aromatic N) is 5. The van der Waals surface area contributed by atoms with Gasteiger partial charge in [-0.1, -0.05) is 24.8 Å². The van der Waals surface area contributed by atoms with Crippen LogP contribution >= 0.6 is 0 Å². The molecule has 0 radical (unpaired) electrons. The summed E-state index contributed by atoms with van der Waals surface area (Å²) < 4.78 is 3.41. The standard InChI is InChI=1S/C21H16N6O/c1-13(21(23)28)14-4-3-5-15(6-14)19-7-16(18-10-24-26(2)11-18)12-27-20(19)17(8-22)9-25-27/h3-7,9-12H,1H2,2H3,(H2,23,28). The largest absolute Gasteiger partial charge is 0.366 e. The molecule has 3 heterocycles. The summed E-state index contributed by atoms with van der Waals surface area (Å²) in [5.41, 5.74) is 10.9. The van der Waals surface area contributed by atoms with Crippen LogP contribution in [0.25, 0.3) is 33.3 Å². The molecule has 4 rings (SSSR count). The fraction of sp³-hybridized carbons (Fsp3) is 0.0476. The highest BCUT2D eigenvalue weighted by atomic mass is 16.1. The molecular formula is C21H16N6O. The number of hydrogen-bond acceptors (Lipinski definition) is 4. The molecule has 3 aromatic heterocycles. The molecule has 136 valence electrons. The number of rotatable bonds is 4. The predicted molar refractivity (Wildman–Crippen MR) is 106 cm³/mol. The maximum absolute atomic E-state index is 11.5. The Morgan fingerprint density at radius 2 is 1.96 bits per heavy atom. The third-order valence-corrected chi connectivity index (χ3v) is 4.59. The predicted octanol–water partition coefficient (Wildman–Crippen LogP) is 2.77.